The van der Waals surface area contributed by atoms with E-state index < -0.39 is 9.15 Å². The molecule has 0 aromatic carbocycles. The number of hydrogen-bond donors (Lipinski definition) is 0. The third kappa shape index (κ3) is 274. The zero-order valence-electron chi connectivity index (χ0n) is 6.54. The summed E-state index contributed by atoms with van der Waals surface area (Å²) in [5.74, 6) is 0. The molecule has 0 bridgehead atoms. The van der Waals surface area contributed by atoms with Gasteiger partial charge >= 0.3 is 88.7 Å². The average molecular weight is 272 g/mol. The van der Waals surface area contributed by atoms with Gasteiger partial charge in [0.15, 0.2) is 0 Å². The Balaban J connectivity index is -0.00000000286. The summed E-state index contributed by atoms with van der Waals surface area (Å²) in [7, 11) is -4.33. The summed E-state index contributed by atoms with van der Waals surface area (Å²) in [4.78, 5) is 0. The maximum atomic E-state index is 8.89. The van der Waals surface area contributed by atoms with E-state index in [0.29, 0.717) is 0 Å². The van der Waals surface area contributed by atoms with Crippen LogP contribution in [0.4, 0.5) is 0 Å². The van der Waals surface area contributed by atoms with Crippen LogP contribution < -0.4 is 59.1 Å². The van der Waals surface area contributed by atoms with Crippen LogP contribution >= 0.6 is 0 Å². The van der Waals surface area contributed by atoms with E-state index in [9.17, 15) is 0 Å². The molecule has 0 heterocycles. The minimum atomic E-state index is -4.33. The molecule has 0 aliphatic carbocycles. The molecular weight excluding hydrogens is 261 g/mol. The Bertz CT molecular complexity index is 101. The van der Waals surface area contributed by atoms with E-state index in [-0.39, 0.29) is 116 Å². The third-order valence-corrected chi connectivity index (χ3v) is 0. The van der Waals surface area contributed by atoms with Gasteiger partial charge in [0.2, 0.25) is 0 Å². The molecule has 0 aliphatic heterocycles. The van der Waals surface area contributed by atoms with E-state index in [0.717, 1.165) is 0 Å². The van der Waals surface area contributed by atoms with Crippen molar-refractivity contribution in [2.24, 2.45) is 0 Å². The van der Waals surface area contributed by atoms with Gasteiger partial charge in [-0.3, -0.25) is 8.42 Å². The van der Waals surface area contributed by atoms with Crippen LogP contribution in [-0.2, 0) is 20.8 Å². The van der Waals surface area contributed by atoms with Gasteiger partial charge in [-0.05, 0) is 9.15 Å². The third-order valence-electron chi connectivity index (χ3n) is 0. The Kier molecular flexibility index (Phi) is 204. The molecule has 0 rings (SSSR count). The zero-order chi connectivity index (χ0) is 4.50. The molecular formula is H11Na3O8S2. The molecule has 0 aromatic rings. The fourth-order valence-corrected chi connectivity index (χ4v) is 0. The summed E-state index contributed by atoms with van der Waals surface area (Å²) in [5.41, 5.74) is 0. The Hall–Kier alpha value is 3.06. The Labute approximate surface area is 147 Å². The Morgan fingerprint density at radius 3 is 0.846 bits per heavy atom. The standard InChI is InChI=1S/3Na.H2O3S2.5H2O.H/c;;;1-5(2,3)4;;;;;;/h;;;(H2,1,2,3,4);5*1H2;/q;2*+1;;;;;;;/p-2. The molecule has 0 unspecified atom stereocenters. The molecule has 0 fully saturated rings. The van der Waals surface area contributed by atoms with Crippen LogP contribution in [-0.4, -0.2) is 69.9 Å². The molecule has 0 amide bonds. The molecule has 13 heavy (non-hydrogen) atoms. The van der Waals surface area contributed by atoms with Gasteiger partial charge in [0.1, 0.15) is 0 Å². The molecule has 0 spiro atoms. The summed E-state index contributed by atoms with van der Waals surface area (Å²) in [6.45, 7) is 0. The second-order valence-electron chi connectivity index (χ2n) is 0.408. The molecule has 10 N–H and O–H groups in total. The van der Waals surface area contributed by atoms with Gasteiger partial charge in [-0.15, -0.1) is 0 Å². The van der Waals surface area contributed by atoms with Crippen LogP contribution in [0, 0.1) is 0 Å². The summed E-state index contributed by atoms with van der Waals surface area (Å²) in [5, 5.41) is 0. The minimum absolute atomic E-state index is 0. The molecule has 0 radical (unpaired) electrons. The average Bonchev–Trinajstić information content (AvgIpc) is 0.722. The molecule has 0 saturated heterocycles. The molecule has 13 heteroatoms. The Morgan fingerprint density at radius 2 is 0.846 bits per heavy atom. The van der Waals surface area contributed by atoms with Crippen LogP contribution in [0.2, 0.25) is 0 Å². The second-order valence-corrected chi connectivity index (χ2v) is 2.45. The van der Waals surface area contributed by atoms with E-state index in [1.54, 1.807) is 0 Å². The molecule has 74 valence electrons. The van der Waals surface area contributed by atoms with Crippen molar-refractivity contribution in [3.05, 3.63) is 0 Å². The van der Waals surface area contributed by atoms with Crippen molar-refractivity contribution in [3.63, 3.8) is 0 Å². The summed E-state index contributed by atoms with van der Waals surface area (Å²) >= 11 is 3.24. The number of rotatable bonds is 0. The first-order valence-electron chi connectivity index (χ1n) is 0.667. The normalized spacial score (nSPS) is 4.46. The maximum absolute atomic E-state index is 8.89. The first-order chi connectivity index (χ1) is 2.00. The van der Waals surface area contributed by atoms with E-state index in [1.165, 1.54) is 0 Å². The van der Waals surface area contributed by atoms with Crippen molar-refractivity contribution in [1.82, 2.24) is 0 Å². The fraction of sp³-hybridized carbons (Fsp3) is 0. The van der Waals surface area contributed by atoms with E-state index >= 15 is 0 Å². The first-order valence-corrected chi connectivity index (χ1v) is 3.00. The van der Waals surface area contributed by atoms with Crippen molar-refractivity contribution in [2.75, 3.05) is 0 Å². The van der Waals surface area contributed by atoms with Crippen molar-refractivity contribution >= 4 is 50.4 Å². The van der Waals surface area contributed by atoms with E-state index in [4.69, 9.17) is 13.0 Å². The molecule has 0 atom stereocenters. The number of hydrogen-bond acceptors (Lipinski definition) is 4. The predicted octanol–water partition coefficient (Wildman–Crippen LogP) is -11.8. The zero-order valence-corrected chi connectivity index (χ0v) is 12.2. The van der Waals surface area contributed by atoms with E-state index in [1.807, 2.05) is 0 Å². The quantitative estimate of drug-likeness (QED) is 0.181. The van der Waals surface area contributed by atoms with Crippen molar-refractivity contribution < 1.29 is 99.5 Å². The van der Waals surface area contributed by atoms with Crippen molar-refractivity contribution in [2.45, 2.75) is 0 Å². The topological polar surface area (TPSA) is 215 Å². The summed E-state index contributed by atoms with van der Waals surface area (Å²) in [6, 6.07) is 0. The predicted molar refractivity (Wildman–Crippen MR) is 42.3 cm³/mol. The van der Waals surface area contributed by atoms with Gasteiger partial charge < -0.3 is 43.6 Å². The second kappa shape index (κ2) is 36.3. The van der Waals surface area contributed by atoms with Crippen molar-refractivity contribution in [1.29, 1.82) is 0 Å². The van der Waals surface area contributed by atoms with Crippen LogP contribution in [0.1, 0.15) is 0 Å². The van der Waals surface area contributed by atoms with Crippen molar-refractivity contribution in [3.8, 4) is 0 Å². The van der Waals surface area contributed by atoms with Gasteiger partial charge in [0.25, 0.3) is 0 Å². The molecule has 8 nitrogen and oxygen atoms in total. The SMILES string of the molecule is O.O.O.O.O.O=S(=O)([O-])[S-].[Na+].[Na+].[NaH]. The van der Waals surface area contributed by atoms with Crippen LogP contribution in [0.3, 0.4) is 0 Å². The van der Waals surface area contributed by atoms with Crippen LogP contribution in [0.15, 0.2) is 0 Å². The molecule has 0 aliphatic rings. The molecule has 0 saturated carbocycles. The summed E-state index contributed by atoms with van der Waals surface area (Å²) < 4.78 is 26.7. The van der Waals surface area contributed by atoms with Crippen LogP contribution in [0.25, 0.3) is 0 Å². The van der Waals surface area contributed by atoms with Gasteiger partial charge in [-0.1, -0.05) is 0 Å². The van der Waals surface area contributed by atoms with Gasteiger partial charge in [0.05, 0.1) is 0 Å². The summed E-state index contributed by atoms with van der Waals surface area (Å²) in [6.07, 6.45) is 0. The van der Waals surface area contributed by atoms with E-state index in [2.05, 4.69) is 11.7 Å². The molecule has 0 aromatic heterocycles. The van der Waals surface area contributed by atoms with Gasteiger partial charge in [-0.25, -0.2) is 0 Å². The Morgan fingerprint density at radius 1 is 0.846 bits per heavy atom. The monoisotopic (exact) mass is 272 g/mol. The first kappa shape index (κ1) is 73.1. The van der Waals surface area contributed by atoms with Gasteiger partial charge in [0, 0.05) is 0 Å². The fourth-order valence-electron chi connectivity index (χ4n) is 0. The van der Waals surface area contributed by atoms with Crippen LogP contribution in [0.5, 0.6) is 0 Å². The van der Waals surface area contributed by atoms with Gasteiger partial charge in [-0.2, -0.15) is 0 Å².